The molecule has 3 unspecified atom stereocenters. The average Bonchev–Trinajstić information content (AvgIpc) is 2.27. The fourth-order valence-electron chi connectivity index (χ4n) is 2.10. The minimum Gasteiger partial charge on any atom is -0.480 e. The van der Waals surface area contributed by atoms with E-state index in [1.54, 1.807) is 20.8 Å². The summed E-state index contributed by atoms with van der Waals surface area (Å²) in [5.74, 6) is -0.881. The second-order valence-corrected chi connectivity index (χ2v) is 6.37. The molecular formula is C13H24N2O4. The van der Waals surface area contributed by atoms with Gasteiger partial charge in [0.1, 0.15) is 6.04 Å². The number of urea groups is 1. The lowest BCUT2D eigenvalue weighted by Gasteiger charge is -2.36. The molecule has 1 aliphatic heterocycles. The van der Waals surface area contributed by atoms with E-state index in [1.165, 1.54) is 4.90 Å². The number of carbonyl (C=O) groups excluding carboxylic acids is 1. The molecule has 1 heterocycles. The number of carboxylic acid groups (broad SMARTS) is 1. The Morgan fingerprint density at radius 1 is 1.37 bits per heavy atom. The van der Waals surface area contributed by atoms with Crippen molar-refractivity contribution in [2.45, 2.75) is 46.3 Å². The van der Waals surface area contributed by atoms with E-state index in [9.17, 15) is 14.7 Å². The molecule has 3 atom stereocenters. The summed E-state index contributed by atoms with van der Waals surface area (Å²) in [6, 6.07) is -1.37. The van der Waals surface area contributed by atoms with Gasteiger partial charge in [0, 0.05) is 13.1 Å². The topological polar surface area (TPSA) is 89.9 Å². The van der Waals surface area contributed by atoms with Crippen molar-refractivity contribution in [1.82, 2.24) is 10.2 Å². The van der Waals surface area contributed by atoms with Crippen LogP contribution in [0.1, 0.15) is 34.1 Å². The second-order valence-electron chi connectivity index (χ2n) is 6.37. The van der Waals surface area contributed by atoms with Crippen LogP contribution in [0, 0.1) is 11.3 Å². The normalized spacial score (nSPS) is 25.8. The molecule has 0 radical (unpaired) electrons. The van der Waals surface area contributed by atoms with Gasteiger partial charge >= 0.3 is 12.0 Å². The summed E-state index contributed by atoms with van der Waals surface area (Å²) in [6.45, 7) is 8.02. The Kier molecular flexibility index (Phi) is 4.79. The molecule has 0 aromatic rings. The average molecular weight is 272 g/mol. The van der Waals surface area contributed by atoms with E-state index in [0.29, 0.717) is 6.54 Å². The van der Waals surface area contributed by atoms with Gasteiger partial charge in [-0.05, 0) is 17.8 Å². The van der Waals surface area contributed by atoms with Crippen molar-refractivity contribution in [2.24, 2.45) is 11.3 Å². The fraction of sp³-hybridized carbons (Fsp3) is 0.846. The van der Waals surface area contributed by atoms with Crippen molar-refractivity contribution in [3.8, 4) is 0 Å². The van der Waals surface area contributed by atoms with Gasteiger partial charge in [0.25, 0.3) is 0 Å². The smallest absolute Gasteiger partial charge is 0.326 e. The highest BCUT2D eigenvalue weighted by Crippen LogP contribution is 2.21. The van der Waals surface area contributed by atoms with Crippen LogP contribution in [0.2, 0.25) is 0 Å². The number of aliphatic hydroxyl groups excluding tert-OH is 1. The number of β-amino-alcohol motifs (C(OH)–C–C–N with tert-alkyl or cyclic N) is 1. The number of hydrogen-bond donors (Lipinski definition) is 3. The standard InChI is InChI=1S/C13H24N2O4/c1-8-5-6-15(7-9(8)16)12(19)14-10(11(17)18)13(2,3)4/h8-10,16H,5-7H2,1-4H3,(H,14,19)(H,17,18). The van der Waals surface area contributed by atoms with E-state index >= 15 is 0 Å². The third kappa shape index (κ3) is 4.09. The first-order valence-electron chi connectivity index (χ1n) is 6.59. The Morgan fingerprint density at radius 3 is 2.37 bits per heavy atom. The molecule has 19 heavy (non-hydrogen) atoms. The van der Waals surface area contributed by atoms with E-state index < -0.39 is 29.6 Å². The van der Waals surface area contributed by atoms with Crippen molar-refractivity contribution in [3.05, 3.63) is 0 Å². The quantitative estimate of drug-likeness (QED) is 0.696. The van der Waals surface area contributed by atoms with Crippen molar-refractivity contribution in [3.63, 3.8) is 0 Å². The molecular weight excluding hydrogens is 248 g/mol. The van der Waals surface area contributed by atoms with E-state index in [2.05, 4.69) is 5.32 Å². The van der Waals surface area contributed by atoms with Crippen molar-refractivity contribution in [1.29, 1.82) is 0 Å². The first-order valence-corrected chi connectivity index (χ1v) is 6.59. The Morgan fingerprint density at radius 2 is 1.95 bits per heavy atom. The van der Waals surface area contributed by atoms with Crippen LogP contribution >= 0.6 is 0 Å². The van der Waals surface area contributed by atoms with Gasteiger partial charge in [-0.15, -0.1) is 0 Å². The number of nitrogens with zero attached hydrogens (tertiary/aromatic N) is 1. The molecule has 0 aromatic heterocycles. The first-order chi connectivity index (χ1) is 8.62. The highest BCUT2D eigenvalue weighted by Gasteiger charge is 2.35. The van der Waals surface area contributed by atoms with Crippen LogP contribution in [-0.2, 0) is 4.79 Å². The molecule has 1 fully saturated rings. The summed E-state index contributed by atoms with van der Waals surface area (Å²) in [4.78, 5) is 24.7. The van der Waals surface area contributed by atoms with E-state index in [4.69, 9.17) is 5.11 Å². The monoisotopic (exact) mass is 272 g/mol. The molecule has 110 valence electrons. The minimum absolute atomic E-state index is 0.168. The molecule has 6 nitrogen and oxygen atoms in total. The summed E-state index contributed by atoms with van der Waals surface area (Å²) >= 11 is 0. The number of nitrogens with one attached hydrogen (secondary N) is 1. The third-order valence-corrected chi connectivity index (χ3v) is 3.59. The molecule has 3 N–H and O–H groups in total. The number of aliphatic carboxylic acids is 1. The molecule has 0 aromatic carbocycles. The summed E-state index contributed by atoms with van der Waals surface area (Å²) in [5.41, 5.74) is -0.566. The molecule has 0 spiro atoms. The predicted molar refractivity (Wildman–Crippen MR) is 70.8 cm³/mol. The number of piperidine rings is 1. The summed E-state index contributed by atoms with van der Waals surface area (Å²) in [7, 11) is 0. The summed E-state index contributed by atoms with van der Waals surface area (Å²) in [5, 5.41) is 21.5. The van der Waals surface area contributed by atoms with Gasteiger partial charge in [-0.2, -0.15) is 0 Å². The summed E-state index contributed by atoms with van der Waals surface area (Å²) in [6.07, 6.45) is 0.180. The molecule has 2 amide bonds. The maximum Gasteiger partial charge on any atom is 0.326 e. The molecule has 1 aliphatic rings. The molecule has 0 aliphatic carbocycles. The zero-order valence-electron chi connectivity index (χ0n) is 12.0. The van der Waals surface area contributed by atoms with Gasteiger partial charge in [0.05, 0.1) is 6.10 Å². The molecule has 0 bridgehead atoms. The number of aliphatic hydroxyl groups is 1. The number of rotatable bonds is 2. The molecule has 6 heteroatoms. The van der Waals surface area contributed by atoms with Gasteiger partial charge in [-0.3, -0.25) is 0 Å². The van der Waals surface area contributed by atoms with Gasteiger partial charge in [0.2, 0.25) is 0 Å². The second kappa shape index (κ2) is 5.77. The number of likely N-dealkylation sites (tertiary alicyclic amines) is 1. The number of carboxylic acids is 1. The number of hydrogen-bond acceptors (Lipinski definition) is 3. The van der Waals surface area contributed by atoms with Crippen LogP contribution in [0.5, 0.6) is 0 Å². The van der Waals surface area contributed by atoms with Gasteiger partial charge in [-0.25, -0.2) is 9.59 Å². The first kappa shape index (κ1) is 15.8. The minimum atomic E-state index is -1.05. The maximum absolute atomic E-state index is 12.1. The number of carbonyl (C=O) groups is 2. The predicted octanol–water partition coefficient (Wildman–Crippen LogP) is 0.898. The van der Waals surface area contributed by atoms with E-state index in [0.717, 1.165) is 6.42 Å². The summed E-state index contributed by atoms with van der Waals surface area (Å²) < 4.78 is 0. The highest BCUT2D eigenvalue weighted by molar-refractivity contribution is 5.83. The Labute approximate surface area is 113 Å². The van der Waals surface area contributed by atoms with Crippen LogP contribution in [-0.4, -0.2) is 52.3 Å². The Balaban J connectivity index is 2.66. The lowest BCUT2D eigenvalue weighted by atomic mass is 9.87. The highest BCUT2D eigenvalue weighted by atomic mass is 16.4. The molecule has 1 rings (SSSR count). The van der Waals surface area contributed by atoms with Gasteiger partial charge < -0.3 is 20.4 Å². The zero-order valence-corrected chi connectivity index (χ0v) is 12.0. The lowest BCUT2D eigenvalue weighted by Crippen LogP contribution is -2.56. The Hall–Kier alpha value is -1.30. The van der Waals surface area contributed by atoms with Crippen molar-refractivity contribution in [2.75, 3.05) is 13.1 Å². The van der Waals surface area contributed by atoms with Crippen LogP contribution in [0.4, 0.5) is 4.79 Å². The molecule has 0 saturated carbocycles. The van der Waals surface area contributed by atoms with Crippen LogP contribution in [0.15, 0.2) is 0 Å². The molecule has 1 saturated heterocycles. The maximum atomic E-state index is 12.1. The Bertz CT molecular complexity index is 351. The zero-order chi connectivity index (χ0) is 14.8. The van der Waals surface area contributed by atoms with Gasteiger partial charge in [0.15, 0.2) is 0 Å². The van der Waals surface area contributed by atoms with Crippen LogP contribution in [0.25, 0.3) is 0 Å². The van der Waals surface area contributed by atoms with Crippen LogP contribution < -0.4 is 5.32 Å². The SMILES string of the molecule is CC1CCN(C(=O)NC(C(=O)O)C(C)(C)C)CC1O. The fourth-order valence-corrected chi connectivity index (χ4v) is 2.10. The van der Waals surface area contributed by atoms with Crippen LogP contribution in [0.3, 0.4) is 0 Å². The third-order valence-electron chi connectivity index (χ3n) is 3.59. The van der Waals surface area contributed by atoms with Gasteiger partial charge in [-0.1, -0.05) is 27.7 Å². The van der Waals surface area contributed by atoms with Crippen molar-refractivity contribution < 1.29 is 19.8 Å². The largest absolute Gasteiger partial charge is 0.480 e. The van der Waals surface area contributed by atoms with E-state index in [1.807, 2.05) is 6.92 Å². The number of amides is 2. The lowest BCUT2D eigenvalue weighted by molar-refractivity contribution is -0.142. The van der Waals surface area contributed by atoms with Crippen molar-refractivity contribution >= 4 is 12.0 Å². The van der Waals surface area contributed by atoms with E-state index in [-0.39, 0.29) is 12.5 Å².